The Morgan fingerprint density at radius 1 is 1.06 bits per heavy atom. The molecule has 3 rings (SSSR count). The number of nitrogens with one attached hydrogen (secondary N) is 2. The molecule has 0 radical (unpaired) electrons. The first-order chi connectivity index (χ1) is 15.6. The highest BCUT2D eigenvalue weighted by Gasteiger charge is 2.23. The summed E-state index contributed by atoms with van der Waals surface area (Å²) in [5, 5.41) is 7.04. The number of aliphatic imine (C=N–C) groups is 1. The quantitative estimate of drug-likeness (QED) is 0.437. The SMILES string of the molecule is CN=C(NCc1ccccc1CN(C)Cc1ccco1)NCC(C(C)C)N1CCOCC1. The lowest BCUT2D eigenvalue weighted by Crippen LogP contribution is -2.52. The van der Waals surface area contributed by atoms with Gasteiger partial charge in [-0.3, -0.25) is 14.8 Å². The molecule has 1 aromatic heterocycles. The normalized spacial score (nSPS) is 16.5. The number of guanidine groups is 1. The second kappa shape index (κ2) is 12.6. The standard InChI is InChI=1S/C25H39N5O2/c1-20(2)24(30-11-14-31-15-12-30)17-28-25(26-3)27-16-21-8-5-6-9-22(21)18-29(4)19-23-10-7-13-32-23/h5-10,13,20,24H,11-12,14-19H2,1-4H3,(H2,26,27,28). The number of hydrogen-bond donors (Lipinski definition) is 2. The minimum atomic E-state index is 0.458. The Kier molecular flexibility index (Phi) is 9.59. The summed E-state index contributed by atoms with van der Waals surface area (Å²) in [6.45, 7) is 11.4. The summed E-state index contributed by atoms with van der Waals surface area (Å²) >= 11 is 0. The third-order valence-electron chi connectivity index (χ3n) is 6.00. The van der Waals surface area contributed by atoms with Crippen LogP contribution in [0.5, 0.6) is 0 Å². The lowest BCUT2D eigenvalue weighted by atomic mass is 10.0. The van der Waals surface area contributed by atoms with Gasteiger partial charge in [-0.2, -0.15) is 0 Å². The van der Waals surface area contributed by atoms with Gasteiger partial charge in [-0.1, -0.05) is 38.1 Å². The summed E-state index contributed by atoms with van der Waals surface area (Å²) < 4.78 is 11.0. The van der Waals surface area contributed by atoms with Crippen molar-refractivity contribution in [1.82, 2.24) is 20.4 Å². The fourth-order valence-electron chi connectivity index (χ4n) is 4.20. The molecule has 32 heavy (non-hydrogen) atoms. The molecule has 1 aliphatic rings. The Hall–Kier alpha value is -2.35. The van der Waals surface area contributed by atoms with Gasteiger partial charge in [0.05, 0.1) is 26.0 Å². The lowest BCUT2D eigenvalue weighted by Gasteiger charge is -2.37. The Labute approximate surface area is 192 Å². The monoisotopic (exact) mass is 441 g/mol. The van der Waals surface area contributed by atoms with Crippen LogP contribution in [0.1, 0.15) is 30.7 Å². The van der Waals surface area contributed by atoms with E-state index in [1.807, 2.05) is 19.2 Å². The zero-order valence-corrected chi connectivity index (χ0v) is 20.0. The van der Waals surface area contributed by atoms with Crippen molar-refractivity contribution in [2.45, 2.75) is 39.5 Å². The molecule has 2 aromatic rings. The Morgan fingerprint density at radius 2 is 1.81 bits per heavy atom. The largest absolute Gasteiger partial charge is 0.468 e. The molecule has 1 aromatic carbocycles. The van der Waals surface area contributed by atoms with Crippen LogP contribution in [0.4, 0.5) is 0 Å². The van der Waals surface area contributed by atoms with Crippen molar-refractivity contribution in [3.05, 3.63) is 59.5 Å². The molecule has 7 heteroatoms. The zero-order valence-electron chi connectivity index (χ0n) is 20.0. The minimum Gasteiger partial charge on any atom is -0.468 e. The summed E-state index contributed by atoms with van der Waals surface area (Å²) in [5.74, 6) is 2.37. The first-order valence-corrected chi connectivity index (χ1v) is 11.6. The van der Waals surface area contributed by atoms with Crippen molar-refractivity contribution in [1.29, 1.82) is 0 Å². The van der Waals surface area contributed by atoms with Gasteiger partial charge in [0.15, 0.2) is 5.96 Å². The van der Waals surface area contributed by atoms with E-state index in [0.29, 0.717) is 12.0 Å². The van der Waals surface area contributed by atoms with Gasteiger partial charge < -0.3 is 19.8 Å². The molecule has 2 N–H and O–H groups in total. The molecule has 0 spiro atoms. The Morgan fingerprint density at radius 3 is 2.47 bits per heavy atom. The second-order valence-electron chi connectivity index (χ2n) is 8.79. The van der Waals surface area contributed by atoms with Gasteiger partial charge in [0.25, 0.3) is 0 Å². The number of ether oxygens (including phenoxy) is 1. The van der Waals surface area contributed by atoms with Gasteiger partial charge in [-0.15, -0.1) is 0 Å². The molecule has 176 valence electrons. The summed E-state index contributed by atoms with van der Waals surface area (Å²) in [6.07, 6.45) is 1.72. The predicted molar refractivity (Wildman–Crippen MR) is 130 cm³/mol. The van der Waals surface area contributed by atoms with Crippen LogP contribution in [0.2, 0.25) is 0 Å². The summed E-state index contributed by atoms with van der Waals surface area (Å²) in [6, 6.07) is 13.0. The predicted octanol–water partition coefficient (Wildman–Crippen LogP) is 2.93. The van der Waals surface area contributed by atoms with E-state index >= 15 is 0 Å². The molecule has 2 heterocycles. The van der Waals surface area contributed by atoms with E-state index in [4.69, 9.17) is 9.15 Å². The topological polar surface area (TPSA) is 65.3 Å². The van der Waals surface area contributed by atoms with E-state index < -0.39 is 0 Å². The molecule has 1 atom stereocenters. The van der Waals surface area contributed by atoms with E-state index in [1.165, 1.54) is 11.1 Å². The van der Waals surface area contributed by atoms with Gasteiger partial charge in [-0.25, -0.2) is 0 Å². The third kappa shape index (κ3) is 7.36. The van der Waals surface area contributed by atoms with E-state index in [1.54, 1.807) is 6.26 Å². The molecular formula is C25H39N5O2. The van der Waals surface area contributed by atoms with Crippen molar-refractivity contribution in [3.63, 3.8) is 0 Å². The van der Waals surface area contributed by atoms with Crippen LogP contribution in [-0.4, -0.2) is 68.7 Å². The summed E-state index contributed by atoms with van der Waals surface area (Å²) in [5.41, 5.74) is 2.58. The lowest BCUT2D eigenvalue weighted by molar-refractivity contribution is 0.00752. The number of benzene rings is 1. The first kappa shape index (κ1) is 24.3. The van der Waals surface area contributed by atoms with E-state index in [9.17, 15) is 0 Å². The van der Waals surface area contributed by atoms with Crippen molar-refractivity contribution >= 4 is 5.96 Å². The van der Waals surface area contributed by atoms with Gasteiger partial charge in [0.2, 0.25) is 0 Å². The molecule has 0 amide bonds. The summed E-state index contributed by atoms with van der Waals surface area (Å²) in [7, 11) is 3.95. The molecule has 7 nitrogen and oxygen atoms in total. The zero-order chi connectivity index (χ0) is 22.8. The maximum absolute atomic E-state index is 5.52. The molecule has 1 aliphatic heterocycles. The molecule has 1 unspecified atom stereocenters. The average molecular weight is 442 g/mol. The van der Waals surface area contributed by atoms with Crippen molar-refractivity contribution < 1.29 is 9.15 Å². The number of furan rings is 1. The highest BCUT2D eigenvalue weighted by molar-refractivity contribution is 5.79. The van der Waals surface area contributed by atoms with Gasteiger partial charge in [0.1, 0.15) is 5.76 Å². The number of morpholine rings is 1. The van der Waals surface area contributed by atoms with Crippen molar-refractivity contribution in [2.75, 3.05) is 46.9 Å². The first-order valence-electron chi connectivity index (χ1n) is 11.6. The molecule has 1 saturated heterocycles. The molecule has 1 fully saturated rings. The molecule has 0 aliphatic carbocycles. The van der Waals surface area contributed by atoms with E-state index in [0.717, 1.165) is 64.2 Å². The average Bonchev–Trinajstić information content (AvgIpc) is 3.30. The number of rotatable bonds is 10. The highest BCUT2D eigenvalue weighted by atomic mass is 16.5. The second-order valence-corrected chi connectivity index (χ2v) is 8.79. The van der Waals surface area contributed by atoms with Gasteiger partial charge >= 0.3 is 0 Å². The Bertz CT molecular complexity index is 815. The highest BCUT2D eigenvalue weighted by Crippen LogP contribution is 2.14. The van der Waals surface area contributed by atoms with Crippen molar-refractivity contribution in [2.24, 2.45) is 10.9 Å². The molecular weight excluding hydrogens is 402 g/mol. The van der Waals surface area contributed by atoms with Gasteiger partial charge in [-0.05, 0) is 36.2 Å². The number of hydrogen-bond acceptors (Lipinski definition) is 5. The van der Waals surface area contributed by atoms with E-state index in [2.05, 4.69) is 70.6 Å². The number of nitrogens with zero attached hydrogens (tertiary/aromatic N) is 3. The van der Waals surface area contributed by atoms with Crippen LogP contribution in [0.3, 0.4) is 0 Å². The van der Waals surface area contributed by atoms with Crippen molar-refractivity contribution in [3.8, 4) is 0 Å². The summed E-state index contributed by atoms with van der Waals surface area (Å²) in [4.78, 5) is 9.24. The van der Waals surface area contributed by atoms with E-state index in [-0.39, 0.29) is 0 Å². The van der Waals surface area contributed by atoms with Crippen LogP contribution < -0.4 is 10.6 Å². The van der Waals surface area contributed by atoms with Crippen LogP contribution in [-0.2, 0) is 24.4 Å². The minimum absolute atomic E-state index is 0.458. The molecule has 0 saturated carbocycles. The van der Waals surface area contributed by atoms with Crippen LogP contribution in [0.15, 0.2) is 52.1 Å². The Balaban J connectivity index is 1.53. The molecule has 0 bridgehead atoms. The maximum Gasteiger partial charge on any atom is 0.191 e. The van der Waals surface area contributed by atoms with Crippen LogP contribution in [0.25, 0.3) is 0 Å². The smallest absolute Gasteiger partial charge is 0.191 e. The van der Waals surface area contributed by atoms with Crippen LogP contribution in [0, 0.1) is 5.92 Å². The maximum atomic E-state index is 5.52. The fraction of sp³-hybridized carbons (Fsp3) is 0.560. The third-order valence-corrected chi connectivity index (χ3v) is 6.00. The fourth-order valence-corrected chi connectivity index (χ4v) is 4.20. The van der Waals surface area contributed by atoms with Gasteiger partial charge in [0, 0.05) is 45.8 Å². The van der Waals surface area contributed by atoms with Crippen LogP contribution >= 0.6 is 0 Å².